The first-order valence-corrected chi connectivity index (χ1v) is 7.49. The first-order valence-electron chi connectivity index (χ1n) is 5.18. The lowest BCUT2D eigenvalue weighted by Crippen LogP contribution is -2.07. The molecule has 0 N–H and O–H groups in total. The predicted molar refractivity (Wildman–Crippen MR) is 64.1 cm³/mol. The second kappa shape index (κ2) is 4.86. The Balaban J connectivity index is 2.75. The van der Waals surface area contributed by atoms with Crippen LogP contribution in [0, 0.1) is 11.6 Å². The van der Waals surface area contributed by atoms with E-state index in [9.17, 15) is 17.2 Å². The molecular weight excluding hydrogens is 300 g/mol. The number of hydrogen-bond acceptors (Lipinski definition) is 4. The first kappa shape index (κ1) is 13.9. The molecular formula is C10H8ClF2N3O2S. The van der Waals surface area contributed by atoms with Crippen LogP contribution >= 0.6 is 10.7 Å². The number of halogens is 3. The van der Waals surface area contributed by atoms with Crippen LogP contribution in [0.5, 0.6) is 0 Å². The molecule has 0 fully saturated rings. The number of aromatic nitrogens is 3. The monoisotopic (exact) mass is 307 g/mol. The molecule has 1 heterocycles. The standard InChI is InChI=1S/C10H8ClF2N3O2S/c1-2-16-9(14-15-10(16)19(11,17)18)8-6(12)4-3-5-7(8)13/h3-5H,2H2,1H3. The van der Waals surface area contributed by atoms with Crippen molar-refractivity contribution in [3.05, 3.63) is 29.8 Å². The van der Waals surface area contributed by atoms with Gasteiger partial charge < -0.3 is 0 Å². The Labute approximate surface area is 112 Å². The van der Waals surface area contributed by atoms with Crippen LogP contribution in [0.25, 0.3) is 11.4 Å². The fourth-order valence-electron chi connectivity index (χ4n) is 1.65. The van der Waals surface area contributed by atoms with Gasteiger partial charge in [0.15, 0.2) is 5.82 Å². The molecule has 0 aliphatic carbocycles. The Morgan fingerprint density at radius 1 is 1.26 bits per heavy atom. The lowest BCUT2D eigenvalue weighted by molar-refractivity contribution is 0.572. The molecule has 19 heavy (non-hydrogen) atoms. The zero-order chi connectivity index (χ0) is 14.2. The van der Waals surface area contributed by atoms with E-state index in [4.69, 9.17) is 10.7 Å². The van der Waals surface area contributed by atoms with E-state index in [0.29, 0.717) is 0 Å². The molecule has 0 radical (unpaired) electrons. The Morgan fingerprint density at radius 2 is 1.84 bits per heavy atom. The largest absolute Gasteiger partial charge is 0.297 e. The number of nitrogens with zero attached hydrogens (tertiary/aromatic N) is 3. The minimum Gasteiger partial charge on any atom is -0.297 e. The quantitative estimate of drug-likeness (QED) is 0.815. The third kappa shape index (κ3) is 2.45. The molecule has 0 aliphatic heterocycles. The van der Waals surface area contributed by atoms with Gasteiger partial charge in [-0.1, -0.05) is 6.07 Å². The van der Waals surface area contributed by atoms with Crippen molar-refractivity contribution in [1.29, 1.82) is 0 Å². The molecule has 0 saturated carbocycles. The summed E-state index contributed by atoms with van der Waals surface area (Å²) in [4.78, 5) is 0. The highest BCUT2D eigenvalue weighted by atomic mass is 35.7. The Morgan fingerprint density at radius 3 is 2.32 bits per heavy atom. The summed E-state index contributed by atoms with van der Waals surface area (Å²) in [7, 11) is 1.04. The highest BCUT2D eigenvalue weighted by molar-refractivity contribution is 8.13. The molecule has 1 aromatic carbocycles. The Hall–Kier alpha value is -1.54. The summed E-state index contributed by atoms with van der Waals surface area (Å²) in [5, 5.41) is 6.34. The molecule has 9 heteroatoms. The van der Waals surface area contributed by atoms with E-state index >= 15 is 0 Å². The van der Waals surface area contributed by atoms with Gasteiger partial charge in [0.05, 0.1) is 5.56 Å². The Kier molecular flexibility index (Phi) is 3.55. The molecule has 5 nitrogen and oxygen atoms in total. The molecule has 2 rings (SSSR count). The van der Waals surface area contributed by atoms with E-state index in [2.05, 4.69) is 10.2 Å². The maximum Gasteiger partial charge on any atom is 0.296 e. The molecule has 2 aromatic rings. The van der Waals surface area contributed by atoms with Crippen molar-refractivity contribution in [1.82, 2.24) is 14.8 Å². The summed E-state index contributed by atoms with van der Waals surface area (Å²) in [6.45, 7) is 1.68. The van der Waals surface area contributed by atoms with Gasteiger partial charge in [-0.25, -0.2) is 17.2 Å². The molecule has 102 valence electrons. The van der Waals surface area contributed by atoms with Gasteiger partial charge in [0.25, 0.3) is 14.2 Å². The minimum absolute atomic E-state index is 0.0946. The van der Waals surface area contributed by atoms with Gasteiger partial charge in [-0.2, -0.15) is 0 Å². The van der Waals surface area contributed by atoms with E-state index in [-0.39, 0.29) is 12.4 Å². The SMILES string of the molecule is CCn1c(-c2c(F)cccc2F)nnc1S(=O)(=O)Cl. The fraction of sp³-hybridized carbons (Fsp3) is 0.200. The lowest BCUT2D eigenvalue weighted by Gasteiger charge is -2.07. The lowest BCUT2D eigenvalue weighted by atomic mass is 10.2. The molecule has 0 amide bonds. The molecule has 0 unspecified atom stereocenters. The van der Waals surface area contributed by atoms with E-state index in [1.165, 1.54) is 6.07 Å². The van der Waals surface area contributed by atoms with Crippen molar-refractivity contribution in [3.63, 3.8) is 0 Å². The van der Waals surface area contributed by atoms with Crippen molar-refractivity contribution in [2.24, 2.45) is 0 Å². The normalized spacial score (nSPS) is 11.8. The topological polar surface area (TPSA) is 64.8 Å². The Bertz CT molecular complexity index is 710. The molecule has 0 aliphatic rings. The fourth-order valence-corrected chi connectivity index (χ4v) is 2.61. The molecule has 0 bridgehead atoms. The maximum absolute atomic E-state index is 13.7. The number of benzene rings is 1. The zero-order valence-electron chi connectivity index (χ0n) is 9.64. The summed E-state index contributed by atoms with van der Waals surface area (Å²) >= 11 is 0. The first-order chi connectivity index (χ1) is 8.86. The minimum atomic E-state index is -4.14. The smallest absolute Gasteiger partial charge is 0.296 e. The number of rotatable bonds is 3. The van der Waals surface area contributed by atoms with Crippen molar-refractivity contribution >= 4 is 19.7 Å². The summed E-state index contributed by atoms with van der Waals surface area (Å²) in [6, 6.07) is 3.28. The maximum atomic E-state index is 13.7. The third-order valence-electron chi connectivity index (χ3n) is 2.44. The molecule has 0 atom stereocenters. The van der Waals surface area contributed by atoms with Crippen LogP contribution in [0.4, 0.5) is 8.78 Å². The average molecular weight is 308 g/mol. The van der Waals surface area contributed by atoms with Crippen molar-refractivity contribution < 1.29 is 17.2 Å². The van der Waals surface area contributed by atoms with Crippen LogP contribution in [0.3, 0.4) is 0 Å². The molecule has 1 aromatic heterocycles. The van der Waals surface area contributed by atoms with Gasteiger partial charge >= 0.3 is 0 Å². The van der Waals surface area contributed by atoms with Crippen LogP contribution in [0.15, 0.2) is 23.4 Å². The van der Waals surface area contributed by atoms with E-state index in [1.807, 2.05) is 0 Å². The van der Waals surface area contributed by atoms with Crippen LogP contribution < -0.4 is 0 Å². The van der Waals surface area contributed by atoms with Crippen LogP contribution in [-0.4, -0.2) is 23.2 Å². The van der Waals surface area contributed by atoms with E-state index < -0.39 is 31.4 Å². The summed E-state index contributed by atoms with van der Waals surface area (Å²) in [5.41, 5.74) is -0.441. The summed E-state index contributed by atoms with van der Waals surface area (Å²) in [5.74, 6) is -1.95. The second-order valence-corrected chi connectivity index (χ2v) is 6.04. The zero-order valence-corrected chi connectivity index (χ0v) is 11.2. The second-order valence-electron chi connectivity index (χ2n) is 3.58. The van der Waals surface area contributed by atoms with Gasteiger partial charge in [-0.05, 0) is 19.1 Å². The van der Waals surface area contributed by atoms with Gasteiger partial charge in [0.1, 0.15) is 11.6 Å². The van der Waals surface area contributed by atoms with Gasteiger partial charge in [0.2, 0.25) is 0 Å². The average Bonchev–Trinajstić information content (AvgIpc) is 2.72. The van der Waals surface area contributed by atoms with Crippen LogP contribution in [0.2, 0.25) is 0 Å². The van der Waals surface area contributed by atoms with Gasteiger partial charge in [0, 0.05) is 17.2 Å². The van der Waals surface area contributed by atoms with Crippen LogP contribution in [-0.2, 0) is 15.6 Å². The molecule has 0 spiro atoms. The van der Waals surface area contributed by atoms with Crippen LogP contribution in [0.1, 0.15) is 6.92 Å². The molecule has 0 saturated heterocycles. The van der Waals surface area contributed by atoms with Crippen molar-refractivity contribution in [3.8, 4) is 11.4 Å². The predicted octanol–water partition coefficient (Wildman–Crippen LogP) is 2.17. The summed E-state index contributed by atoms with van der Waals surface area (Å²) in [6.07, 6.45) is 0. The van der Waals surface area contributed by atoms with Gasteiger partial charge in [-0.3, -0.25) is 4.57 Å². The van der Waals surface area contributed by atoms with Crippen molar-refractivity contribution in [2.75, 3.05) is 0 Å². The van der Waals surface area contributed by atoms with Gasteiger partial charge in [-0.15, -0.1) is 10.2 Å². The van der Waals surface area contributed by atoms with E-state index in [1.54, 1.807) is 6.92 Å². The number of hydrogen-bond donors (Lipinski definition) is 0. The third-order valence-corrected chi connectivity index (χ3v) is 3.59. The highest BCUT2D eigenvalue weighted by Crippen LogP contribution is 2.27. The van der Waals surface area contributed by atoms with Crippen molar-refractivity contribution in [2.45, 2.75) is 18.6 Å². The van der Waals surface area contributed by atoms with E-state index in [0.717, 1.165) is 16.7 Å². The highest BCUT2D eigenvalue weighted by Gasteiger charge is 2.25. The summed E-state index contributed by atoms with van der Waals surface area (Å²) < 4.78 is 50.9.